The molecule has 6 heteroatoms. The molecule has 32 heavy (non-hydrogen) atoms. The van der Waals surface area contributed by atoms with Crippen LogP contribution in [0, 0.1) is 0 Å². The van der Waals surface area contributed by atoms with Crippen LogP contribution in [0.1, 0.15) is 130 Å². The summed E-state index contributed by atoms with van der Waals surface area (Å²) < 4.78 is 12.3. The number of rotatable bonds is 25. The highest BCUT2D eigenvalue weighted by molar-refractivity contribution is 4.84. The summed E-state index contributed by atoms with van der Waals surface area (Å²) in [7, 11) is 0. The molecule has 190 valence electrons. The van der Waals surface area contributed by atoms with Gasteiger partial charge in [-0.05, 0) is 24.8 Å². The minimum atomic E-state index is -0.596. The molecule has 0 aliphatic rings. The Morgan fingerprint density at radius 3 is 1.62 bits per heavy atom. The highest BCUT2D eigenvalue weighted by Crippen LogP contribution is 2.20. The minimum Gasteiger partial charge on any atom is -0.396 e. The van der Waals surface area contributed by atoms with Crippen molar-refractivity contribution in [1.29, 1.82) is 0 Å². The fourth-order valence-corrected chi connectivity index (χ4v) is 4.01. The predicted molar refractivity (Wildman–Crippen MR) is 135 cm³/mol. The van der Waals surface area contributed by atoms with Crippen molar-refractivity contribution in [3.63, 3.8) is 0 Å². The largest absolute Gasteiger partial charge is 0.396 e. The second-order valence-corrected chi connectivity index (χ2v) is 9.08. The zero-order valence-corrected chi connectivity index (χ0v) is 21.5. The zero-order chi connectivity index (χ0) is 23.7. The second kappa shape index (κ2) is 24.8. The molecule has 0 aliphatic carbocycles. The molecular weight excluding hydrogens is 402 g/mol. The zero-order valence-electron chi connectivity index (χ0n) is 21.5. The van der Waals surface area contributed by atoms with E-state index in [-0.39, 0.29) is 18.8 Å². The number of nitrogens with zero attached hydrogens (tertiary/aromatic N) is 3. The molecule has 3 atom stereocenters. The Labute approximate surface area is 198 Å². The number of ether oxygens (including phenoxy) is 2. The highest BCUT2D eigenvalue weighted by Gasteiger charge is 2.30. The number of hydrogen-bond donors (Lipinski definition) is 1. The summed E-state index contributed by atoms with van der Waals surface area (Å²) in [6.07, 6.45) is 20.3. The van der Waals surface area contributed by atoms with Crippen LogP contribution in [-0.2, 0) is 9.47 Å². The summed E-state index contributed by atoms with van der Waals surface area (Å²) in [4.78, 5) is 2.93. The minimum absolute atomic E-state index is 0.135. The maximum Gasteiger partial charge on any atom is 0.0943 e. The van der Waals surface area contributed by atoms with Crippen LogP contribution < -0.4 is 0 Å². The van der Waals surface area contributed by atoms with Gasteiger partial charge >= 0.3 is 0 Å². The number of aliphatic hydroxyl groups excluding tert-OH is 1. The molecule has 0 bridgehead atoms. The first-order valence-corrected chi connectivity index (χ1v) is 13.6. The SMILES string of the molecule is CCCCCCCCCCCCCC[C@@H](OCCCC)[C@H](OCCCC)[C@H](CO)N=[N+]=[N-]. The topological polar surface area (TPSA) is 87.5 Å². The molecule has 0 aromatic carbocycles. The average molecular weight is 456 g/mol. The highest BCUT2D eigenvalue weighted by atomic mass is 16.5. The summed E-state index contributed by atoms with van der Waals surface area (Å²) in [6.45, 7) is 7.61. The van der Waals surface area contributed by atoms with Gasteiger partial charge < -0.3 is 14.6 Å². The normalized spacial score (nSPS) is 14.1. The summed E-state index contributed by atoms with van der Waals surface area (Å²) in [5.74, 6) is 0. The van der Waals surface area contributed by atoms with Gasteiger partial charge in [0, 0.05) is 18.1 Å². The van der Waals surface area contributed by atoms with Gasteiger partial charge in [0.2, 0.25) is 0 Å². The predicted octanol–water partition coefficient (Wildman–Crippen LogP) is 8.12. The van der Waals surface area contributed by atoms with Crippen molar-refractivity contribution in [3.8, 4) is 0 Å². The molecule has 0 radical (unpaired) electrons. The van der Waals surface area contributed by atoms with Crippen molar-refractivity contribution in [2.24, 2.45) is 5.11 Å². The van der Waals surface area contributed by atoms with Crippen LogP contribution in [0.5, 0.6) is 0 Å². The van der Waals surface area contributed by atoms with Gasteiger partial charge in [-0.15, -0.1) is 0 Å². The Kier molecular flexibility index (Phi) is 24.2. The van der Waals surface area contributed by atoms with Crippen LogP contribution in [0.2, 0.25) is 0 Å². The summed E-state index contributed by atoms with van der Waals surface area (Å²) >= 11 is 0. The van der Waals surface area contributed by atoms with E-state index in [1.165, 1.54) is 70.6 Å². The molecule has 0 saturated carbocycles. The quantitative estimate of drug-likeness (QED) is 0.0652. The van der Waals surface area contributed by atoms with Crippen molar-refractivity contribution in [2.75, 3.05) is 19.8 Å². The van der Waals surface area contributed by atoms with Crippen molar-refractivity contribution < 1.29 is 14.6 Å². The molecule has 0 aromatic heterocycles. The third kappa shape index (κ3) is 17.7. The maximum absolute atomic E-state index is 9.78. The average Bonchev–Trinajstić information content (AvgIpc) is 2.80. The van der Waals surface area contributed by atoms with Gasteiger partial charge in [0.15, 0.2) is 0 Å². The molecule has 0 fully saturated rings. The van der Waals surface area contributed by atoms with E-state index in [1.54, 1.807) is 0 Å². The molecule has 0 unspecified atom stereocenters. The second-order valence-electron chi connectivity index (χ2n) is 9.08. The smallest absolute Gasteiger partial charge is 0.0943 e. The van der Waals surface area contributed by atoms with Crippen LogP contribution in [0.4, 0.5) is 0 Å². The lowest BCUT2D eigenvalue weighted by Gasteiger charge is -2.31. The van der Waals surface area contributed by atoms with E-state index in [4.69, 9.17) is 15.0 Å². The summed E-state index contributed by atoms with van der Waals surface area (Å²) in [5.41, 5.74) is 8.92. The van der Waals surface area contributed by atoms with E-state index in [0.717, 1.165) is 38.5 Å². The molecule has 0 rings (SSSR count). The molecule has 0 heterocycles. The van der Waals surface area contributed by atoms with E-state index in [0.29, 0.717) is 13.2 Å². The maximum atomic E-state index is 9.78. The first kappa shape index (κ1) is 31.2. The summed E-state index contributed by atoms with van der Waals surface area (Å²) in [6, 6.07) is -0.596. The third-order valence-corrected chi connectivity index (χ3v) is 6.11. The molecule has 1 N–H and O–H groups in total. The number of aliphatic hydroxyl groups is 1. The van der Waals surface area contributed by atoms with Crippen LogP contribution >= 0.6 is 0 Å². The van der Waals surface area contributed by atoms with Crippen LogP contribution in [0.3, 0.4) is 0 Å². The first-order valence-electron chi connectivity index (χ1n) is 13.6. The standard InChI is InChI=1S/C26H53N3O3/c1-4-7-10-11-12-13-14-15-16-17-18-19-20-25(31-21-8-5-2)26(32-22-9-6-3)24(23-30)28-29-27/h24-26,30H,4-23H2,1-3H3/t24-,25+,26+/m0/s1. The van der Waals surface area contributed by atoms with Crippen LogP contribution in [-0.4, -0.2) is 43.2 Å². The van der Waals surface area contributed by atoms with E-state index in [9.17, 15) is 5.11 Å². The fourth-order valence-electron chi connectivity index (χ4n) is 4.01. The lowest BCUT2D eigenvalue weighted by molar-refractivity contribution is -0.0933. The van der Waals surface area contributed by atoms with Gasteiger partial charge in [-0.1, -0.05) is 116 Å². The van der Waals surface area contributed by atoms with Crippen molar-refractivity contribution in [1.82, 2.24) is 0 Å². The Bertz CT molecular complexity index is 431. The lowest BCUT2D eigenvalue weighted by atomic mass is 9.99. The van der Waals surface area contributed by atoms with E-state index < -0.39 is 6.04 Å². The van der Waals surface area contributed by atoms with Gasteiger partial charge in [-0.25, -0.2) is 0 Å². The monoisotopic (exact) mass is 455 g/mol. The molecule has 0 aromatic rings. The molecule has 0 amide bonds. The Morgan fingerprint density at radius 2 is 1.16 bits per heavy atom. The Morgan fingerprint density at radius 1 is 0.688 bits per heavy atom. The van der Waals surface area contributed by atoms with Gasteiger partial charge in [-0.3, -0.25) is 0 Å². The molecule has 0 spiro atoms. The van der Waals surface area contributed by atoms with Gasteiger partial charge in [0.1, 0.15) is 0 Å². The number of unbranched alkanes of at least 4 members (excludes halogenated alkanes) is 13. The van der Waals surface area contributed by atoms with E-state index in [2.05, 4.69) is 30.8 Å². The molecular formula is C26H53N3O3. The van der Waals surface area contributed by atoms with E-state index in [1.807, 2.05) is 0 Å². The van der Waals surface area contributed by atoms with Gasteiger partial charge in [0.25, 0.3) is 0 Å². The van der Waals surface area contributed by atoms with Gasteiger partial charge in [-0.2, -0.15) is 0 Å². The third-order valence-electron chi connectivity index (χ3n) is 6.11. The number of hydrogen-bond acceptors (Lipinski definition) is 4. The molecule has 0 saturated heterocycles. The molecule has 6 nitrogen and oxygen atoms in total. The Balaban J connectivity index is 4.39. The lowest BCUT2D eigenvalue weighted by Crippen LogP contribution is -2.42. The first-order chi connectivity index (χ1) is 15.7. The van der Waals surface area contributed by atoms with Crippen molar-refractivity contribution in [2.45, 2.75) is 148 Å². The van der Waals surface area contributed by atoms with E-state index >= 15 is 0 Å². The van der Waals surface area contributed by atoms with Crippen molar-refractivity contribution >= 4 is 0 Å². The van der Waals surface area contributed by atoms with Gasteiger partial charge in [0.05, 0.1) is 24.9 Å². The summed E-state index contributed by atoms with van der Waals surface area (Å²) in [5, 5.41) is 13.6. The van der Waals surface area contributed by atoms with Crippen molar-refractivity contribution in [3.05, 3.63) is 10.4 Å². The Hall–Kier alpha value is -0.810. The van der Waals surface area contributed by atoms with Crippen LogP contribution in [0.25, 0.3) is 10.4 Å². The van der Waals surface area contributed by atoms with Crippen LogP contribution in [0.15, 0.2) is 5.11 Å². The fraction of sp³-hybridized carbons (Fsp3) is 1.00. The molecule has 0 aliphatic heterocycles. The number of azide groups is 1.